The Morgan fingerprint density at radius 2 is 2.17 bits per heavy atom. The molecule has 0 spiro atoms. The lowest BCUT2D eigenvalue weighted by atomic mass is 10.2. The van der Waals surface area contributed by atoms with Crippen LogP contribution in [0.4, 0.5) is 5.13 Å². The van der Waals surface area contributed by atoms with Crippen molar-refractivity contribution in [3.05, 3.63) is 34.3 Å². The molecule has 1 aromatic heterocycles. The van der Waals surface area contributed by atoms with E-state index in [2.05, 4.69) is 15.5 Å². The van der Waals surface area contributed by atoms with Crippen molar-refractivity contribution in [2.24, 2.45) is 5.10 Å². The molecule has 0 saturated carbocycles. The maximum Gasteiger partial charge on any atom is 0.283 e. The molecule has 3 N–H and O–H groups in total. The van der Waals surface area contributed by atoms with Crippen LogP contribution in [0.3, 0.4) is 0 Å². The van der Waals surface area contributed by atoms with E-state index >= 15 is 0 Å². The van der Waals surface area contributed by atoms with Gasteiger partial charge in [-0.05, 0) is 44.5 Å². The maximum atomic E-state index is 12.0. The van der Waals surface area contributed by atoms with Gasteiger partial charge in [-0.3, -0.25) is 4.79 Å². The average molecular weight is 348 g/mol. The first-order chi connectivity index (χ1) is 11.4. The average Bonchev–Trinajstić information content (AvgIpc) is 2.86. The van der Waals surface area contributed by atoms with Crippen molar-refractivity contribution in [2.75, 3.05) is 12.8 Å². The number of nitrogens with one attached hydrogen (secondary N) is 1. The summed E-state index contributed by atoms with van der Waals surface area (Å²) in [6.45, 7) is 5.61. The summed E-state index contributed by atoms with van der Waals surface area (Å²) in [5.74, 6) is 0.916. The molecule has 0 fully saturated rings. The van der Waals surface area contributed by atoms with Crippen LogP contribution in [-0.4, -0.2) is 30.3 Å². The van der Waals surface area contributed by atoms with Crippen LogP contribution in [0.25, 0.3) is 0 Å². The van der Waals surface area contributed by atoms with Crippen LogP contribution >= 0.6 is 11.3 Å². The van der Waals surface area contributed by atoms with E-state index in [9.17, 15) is 4.79 Å². The number of rotatable bonds is 6. The number of ether oxygens (including phenoxy) is 2. The van der Waals surface area contributed by atoms with Crippen LogP contribution in [0.5, 0.6) is 11.5 Å². The smallest absolute Gasteiger partial charge is 0.283 e. The van der Waals surface area contributed by atoms with Crippen molar-refractivity contribution in [1.82, 2.24) is 10.4 Å². The zero-order valence-electron chi connectivity index (χ0n) is 14.0. The Morgan fingerprint density at radius 3 is 2.75 bits per heavy atom. The fraction of sp³-hybridized carbons (Fsp3) is 0.312. The third-order valence-electron chi connectivity index (χ3n) is 2.95. The second-order valence-electron chi connectivity index (χ2n) is 5.24. The van der Waals surface area contributed by atoms with Gasteiger partial charge in [-0.25, -0.2) is 10.4 Å². The molecule has 0 aliphatic carbocycles. The summed E-state index contributed by atoms with van der Waals surface area (Å²) in [6, 6.07) is 5.41. The van der Waals surface area contributed by atoms with Gasteiger partial charge in [0.2, 0.25) is 0 Å². The molecule has 24 heavy (non-hydrogen) atoms. The van der Waals surface area contributed by atoms with Crippen molar-refractivity contribution in [3.63, 3.8) is 0 Å². The molecular weight excluding hydrogens is 328 g/mol. The SMILES string of the molecule is COc1cc(/C=N\NC(=O)c2sc(N)nc2C)ccc1OC(C)C. The normalized spacial score (nSPS) is 11.0. The number of aromatic nitrogens is 1. The minimum atomic E-state index is -0.343. The highest BCUT2D eigenvalue weighted by Gasteiger charge is 2.13. The van der Waals surface area contributed by atoms with Gasteiger partial charge in [-0.1, -0.05) is 11.3 Å². The van der Waals surface area contributed by atoms with Gasteiger partial charge in [0.25, 0.3) is 5.91 Å². The highest BCUT2D eigenvalue weighted by molar-refractivity contribution is 7.17. The van der Waals surface area contributed by atoms with Crippen LogP contribution in [-0.2, 0) is 0 Å². The third-order valence-corrected chi connectivity index (χ3v) is 3.93. The Hall–Kier alpha value is -2.61. The molecule has 2 aromatic rings. The zero-order chi connectivity index (χ0) is 17.7. The van der Waals surface area contributed by atoms with Gasteiger partial charge in [-0.15, -0.1) is 0 Å². The number of methoxy groups -OCH3 is 1. The first-order valence-corrected chi connectivity index (χ1v) is 8.13. The number of hydrazone groups is 1. The van der Waals surface area contributed by atoms with E-state index in [1.54, 1.807) is 26.2 Å². The van der Waals surface area contributed by atoms with Gasteiger partial charge in [0.15, 0.2) is 16.6 Å². The lowest BCUT2D eigenvalue weighted by Crippen LogP contribution is -2.17. The standard InChI is InChI=1S/C16H20N4O3S/c1-9(2)23-12-6-5-11(7-13(12)22-4)8-18-20-15(21)14-10(3)19-16(17)24-14/h5-9H,1-4H3,(H2,17,19)(H,20,21)/b18-8-. The molecule has 2 rings (SSSR count). The molecule has 1 amide bonds. The highest BCUT2D eigenvalue weighted by atomic mass is 32.1. The minimum absolute atomic E-state index is 0.0489. The number of hydrogen-bond acceptors (Lipinski definition) is 7. The Bertz CT molecular complexity index is 756. The molecule has 0 bridgehead atoms. The third kappa shape index (κ3) is 4.45. The summed E-state index contributed by atoms with van der Waals surface area (Å²) in [5, 5.41) is 4.31. The lowest BCUT2D eigenvalue weighted by molar-refractivity contribution is 0.0958. The van der Waals surface area contributed by atoms with Crippen LogP contribution in [0, 0.1) is 6.92 Å². The van der Waals surface area contributed by atoms with Crippen LogP contribution in [0.15, 0.2) is 23.3 Å². The first kappa shape index (κ1) is 17.7. The number of carbonyl (C=O) groups is 1. The molecule has 0 unspecified atom stereocenters. The van der Waals surface area contributed by atoms with Gasteiger partial charge in [0, 0.05) is 0 Å². The molecule has 0 atom stereocenters. The molecule has 8 heteroatoms. The van der Waals surface area contributed by atoms with E-state index in [1.165, 1.54) is 6.21 Å². The Kier molecular flexibility index (Phi) is 5.75. The van der Waals surface area contributed by atoms with E-state index in [-0.39, 0.29) is 12.0 Å². The van der Waals surface area contributed by atoms with E-state index in [4.69, 9.17) is 15.2 Å². The minimum Gasteiger partial charge on any atom is -0.493 e. The predicted molar refractivity (Wildman–Crippen MR) is 95.1 cm³/mol. The van der Waals surface area contributed by atoms with Crippen LogP contribution < -0.4 is 20.6 Å². The number of benzene rings is 1. The fourth-order valence-corrected chi connectivity index (χ4v) is 2.68. The number of amides is 1. The Labute approximate surface area is 144 Å². The summed E-state index contributed by atoms with van der Waals surface area (Å²) < 4.78 is 11.0. The first-order valence-electron chi connectivity index (χ1n) is 7.31. The van der Waals surface area contributed by atoms with Crippen molar-refractivity contribution in [2.45, 2.75) is 26.9 Å². The van der Waals surface area contributed by atoms with Crippen LogP contribution in [0.1, 0.15) is 34.8 Å². The summed E-state index contributed by atoms with van der Waals surface area (Å²) in [6.07, 6.45) is 1.58. The largest absolute Gasteiger partial charge is 0.493 e. The molecule has 1 heterocycles. The molecule has 1 aromatic carbocycles. The number of thiazole rings is 1. The highest BCUT2D eigenvalue weighted by Crippen LogP contribution is 2.28. The molecule has 0 radical (unpaired) electrons. The number of aryl methyl sites for hydroxylation is 1. The lowest BCUT2D eigenvalue weighted by Gasteiger charge is -2.13. The van der Waals surface area contributed by atoms with Crippen molar-refractivity contribution in [3.8, 4) is 11.5 Å². The number of nitrogens with two attached hydrogens (primary N) is 1. The second kappa shape index (κ2) is 7.78. The summed E-state index contributed by atoms with van der Waals surface area (Å²) in [4.78, 5) is 16.5. The van der Waals surface area contributed by atoms with E-state index in [0.29, 0.717) is 27.2 Å². The van der Waals surface area contributed by atoms with E-state index < -0.39 is 0 Å². The fourth-order valence-electron chi connectivity index (χ4n) is 1.96. The molecule has 0 saturated heterocycles. The molecular formula is C16H20N4O3S. The Morgan fingerprint density at radius 1 is 1.42 bits per heavy atom. The quantitative estimate of drug-likeness (QED) is 0.617. The molecule has 7 nitrogen and oxygen atoms in total. The van der Waals surface area contributed by atoms with Gasteiger partial charge < -0.3 is 15.2 Å². The number of nitrogen functional groups attached to an aromatic ring is 1. The predicted octanol–water partition coefficient (Wildman–Crippen LogP) is 2.59. The van der Waals surface area contributed by atoms with Gasteiger partial charge in [0.05, 0.1) is 25.1 Å². The van der Waals surface area contributed by atoms with Crippen LogP contribution in [0.2, 0.25) is 0 Å². The van der Waals surface area contributed by atoms with Crippen molar-refractivity contribution in [1.29, 1.82) is 0 Å². The summed E-state index contributed by atoms with van der Waals surface area (Å²) >= 11 is 1.13. The summed E-state index contributed by atoms with van der Waals surface area (Å²) in [5.41, 5.74) is 9.39. The Balaban J connectivity index is 2.06. The van der Waals surface area contributed by atoms with E-state index in [0.717, 1.165) is 16.9 Å². The summed E-state index contributed by atoms with van der Waals surface area (Å²) in [7, 11) is 1.57. The van der Waals surface area contributed by atoms with Gasteiger partial charge in [0.1, 0.15) is 4.88 Å². The molecule has 0 aliphatic rings. The van der Waals surface area contributed by atoms with Gasteiger partial charge in [-0.2, -0.15) is 5.10 Å². The maximum absolute atomic E-state index is 12.0. The zero-order valence-corrected chi connectivity index (χ0v) is 14.8. The number of anilines is 1. The number of carbonyl (C=O) groups excluding carboxylic acids is 1. The monoisotopic (exact) mass is 348 g/mol. The van der Waals surface area contributed by atoms with Crippen molar-refractivity contribution < 1.29 is 14.3 Å². The van der Waals surface area contributed by atoms with Crippen molar-refractivity contribution >= 4 is 28.6 Å². The topological polar surface area (TPSA) is 98.8 Å². The number of hydrogen-bond donors (Lipinski definition) is 2. The van der Waals surface area contributed by atoms with Gasteiger partial charge >= 0.3 is 0 Å². The van der Waals surface area contributed by atoms with E-state index in [1.807, 2.05) is 19.9 Å². The molecule has 0 aliphatic heterocycles. The second-order valence-corrected chi connectivity index (χ2v) is 6.27. The molecule has 128 valence electrons. The number of nitrogens with zero attached hydrogens (tertiary/aromatic N) is 2.